The number of nitrogens with one attached hydrogen (secondary N) is 2. The average molecular weight is 282 g/mol. The van der Waals surface area contributed by atoms with Crippen LogP contribution in [0.15, 0.2) is 21.8 Å². The molecule has 1 aromatic carbocycles. The molecule has 0 unspecified atom stereocenters. The summed E-state index contributed by atoms with van der Waals surface area (Å²) in [4.78, 5) is 24.2. The summed E-state index contributed by atoms with van der Waals surface area (Å²) >= 11 is 0. The molecule has 0 saturated heterocycles. The van der Waals surface area contributed by atoms with Crippen LogP contribution in [0.3, 0.4) is 0 Å². The molecule has 0 radical (unpaired) electrons. The molecule has 3 N–H and O–H groups in total. The predicted octanol–water partition coefficient (Wildman–Crippen LogP) is -2.98. The van der Waals surface area contributed by atoms with E-state index in [2.05, 4.69) is 9.97 Å². The number of nitro benzene ring substituents is 1. The monoisotopic (exact) mass is 282 g/mol. The van der Waals surface area contributed by atoms with Gasteiger partial charge in [0.1, 0.15) is 0 Å². The zero-order chi connectivity index (χ0) is 12.8. The molecule has 0 aliphatic heterocycles. The van der Waals surface area contributed by atoms with Crippen LogP contribution in [0.25, 0.3) is 11.0 Å². The maximum Gasteiger partial charge on any atom is 1.00 e. The molecule has 11 heteroatoms. The molecule has 0 fully saturated rings. The third kappa shape index (κ3) is 2.62. The fraction of sp³-hybridized carbons (Fsp3) is 0. The van der Waals surface area contributed by atoms with Crippen LogP contribution in [-0.2, 0) is 10.1 Å². The van der Waals surface area contributed by atoms with Gasteiger partial charge in [-0.05, 0) is 6.07 Å². The van der Waals surface area contributed by atoms with Gasteiger partial charge in [0.2, 0.25) is 0 Å². The summed E-state index contributed by atoms with van der Waals surface area (Å²) < 4.78 is 30.8. The van der Waals surface area contributed by atoms with E-state index in [0.29, 0.717) is 0 Å². The van der Waals surface area contributed by atoms with Crippen LogP contribution >= 0.6 is 0 Å². The summed E-state index contributed by atoms with van der Waals surface area (Å²) in [5.74, 6) is 0. The Kier molecular flexibility index (Phi) is 3.98. The Morgan fingerprint density at radius 3 is 2.17 bits per heavy atom. The molecule has 90 valence electrons. The van der Waals surface area contributed by atoms with Crippen molar-refractivity contribution in [2.45, 2.75) is 4.90 Å². The first-order chi connectivity index (χ1) is 7.79. The van der Waals surface area contributed by atoms with Crippen molar-refractivity contribution in [3.63, 3.8) is 0 Å². The molecule has 18 heavy (non-hydrogen) atoms. The third-order valence-electron chi connectivity index (χ3n) is 2.07. The summed E-state index contributed by atoms with van der Waals surface area (Å²) in [6.45, 7) is 0. The van der Waals surface area contributed by atoms with Crippen molar-refractivity contribution in [1.29, 1.82) is 0 Å². The quantitative estimate of drug-likeness (QED) is 0.232. The van der Waals surface area contributed by atoms with E-state index < -0.39 is 31.3 Å². The second kappa shape index (κ2) is 4.82. The van der Waals surface area contributed by atoms with E-state index in [9.17, 15) is 23.3 Å². The molecular weight excluding hydrogens is 277 g/mol. The molecule has 0 spiro atoms. The van der Waals surface area contributed by atoms with Gasteiger partial charge in [-0.2, -0.15) is 8.42 Å². The van der Waals surface area contributed by atoms with Crippen molar-refractivity contribution in [3.8, 4) is 0 Å². The first-order valence-corrected chi connectivity index (χ1v) is 5.61. The summed E-state index contributed by atoms with van der Waals surface area (Å²) in [5, 5.41) is 10.6. The number of aromatic amines is 2. The van der Waals surface area contributed by atoms with Gasteiger partial charge in [0.15, 0.2) is 4.90 Å². The first kappa shape index (κ1) is 14.9. The number of benzene rings is 1. The number of rotatable bonds is 2. The Balaban J connectivity index is 0.00000162. The van der Waals surface area contributed by atoms with Crippen molar-refractivity contribution in [1.82, 2.24) is 9.97 Å². The maximum absolute atomic E-state index is 11.0. The van der Waals surface area contributed by atoms with Crippen LogP contribution in [0.5, 0.6) is 0 Å². The largest absolute Gasteiger partial charge is 1.00 e. The zero-order valence-electron chi connectivity index (χ0n) is 9.00. The van der Waals surface area contributed by atoms with Gasteiger partial charge in [0.05, 0.1) is 16.0 Å². The predicted molar refractivity (Wildman–Crippen MR) is 55.4 cm³/mol. The van der Waals surface area contributed by atoms with Gasteiger partial charge < -0.3 is 9.97 Å². The van der Waals surface area contributed by atoms with Gasteiger partial charge >= 0.3 is 45.4 Å². The van der Waals surface area contributed by atoms with Crippen LogP contribution in [0.2, 0.25) is 0 Å². The van der Waals surface area contributed by atoms with Crippen LogP contribution < -0.4 is 35.2 Å². The van der Waals surface area contributed by atoms with Crippen molar-refractivity contribution in [3.05, 3.63) is 32.7 Å². The van der Waals surface area contributed by atoms with Crippen LogP contribution in [-0.4, -0.2) is 27.9 Å². The second-order valence-corrected chi connectivity index (χ2v) is 4.57. The Morgan fingerprint density at radius 2 is 1.72 bits per heavy atom. The van der Waals surface area contributed by atoms with Crippen molar-refractivity contribution in [2.24, 2.45) is 0 Å². The Hall–Kier alpha value is -1.20. The van der Waals surface area contributed by atoms with Gasteiger partial charge in [-0.3, -0.25) is 14.7 Å². The molecule has 1 aromatic heterocycles. The summed E-state index contributed by atoms with van der Waals surface area (Å²) in [5.41, 5.74) is -1.32. The average Bonchev–Trinajstić information content (AvgIpc) is 2.53. The molecule has 1 heterocycles. The van der Waals surface area contributed by atoms with E-state index in [1.807, 2.05) is 0 Å². The van der Waals surface area contributed by atoms with E-state index in [4.69, 9.17) is 4.55 Å². The molecule has 0 amide bonds. The summed E-state index contributed by atoms with van der Waals surface area (Å²) in [7, 11) is -4.74. The van der Waals surface area contributed by atoms with Gasteiger partial charge in [-0.15, -0.1) is 0 Å². The Bertz CT molecular complexity index is 776. The van der Waals surface area contributed by atoms with Crippen molar-refractivity contribution >= 4 is 26.8 Å². The number of nitro groups is 1. The summed E-state index contributed by atoms with van der Waals surface area (Å²) in [6, 6.07) is 1.68. The van der Waals surface area contributed by atoms with Gasteiger partial charge in [-0.1, -0.05) is 0 Å². The number of imidazole rings is 1. The molecule has 0 aliphatic carbocycles. The molecule has 0 saturated carbocycles. The van der Waals surface area contributed by atoms with Crippen molar-refractivity contribution < 1.29 is 47.5 Å². The minimum atomic E-state index is -4.74. The fourth-order valence-corrected chi connectivity index (χ4v) is 2.06. The van der Waals surface area contributed by atoms with Crippen molar-refractivity contribution in [2.75, 3.05) is 0 Å². The van der Waals surface area contributed by atoms with E-state index in [1.54, 1.807) is 0 Å². The molecule has 0 bridgehead atoms. The fourth-order valence-electron chi connectivity index (χ4n) is 1.40. The van der Waals surface area contributed by atoms with Crippen LogP contribution in [0.1, 0.15) is 0 Å². The minimum Gasteiger partial charge on any atom is -0.306 e. The number of nitrogens with zero attached hydrogens (tertiary/aromatic N) is 1. The van der Waals surface area contributed by atoms with Gasteiger partial charge in [0.25, 0.3) is 5.69 Å². The van der Waals surface area contributed by atoms with E-state index in [1.165, 1.54) is 0 Å². The smallest absolute Gasteiger partial charge is 0.306 e. The normalized spacial score (nSPS) is 11.2. The molecule has 0 atom stereocenters. The summed E-state index contributed by atoms with van der Waals surface area (Å²) in [6.07, 6.45) is 0. The Labute approximate surface area is 121 Å². The Morgan fingerprint density at radius 1 is 1.22 bits per heavy atom. The van der Waals surface area contributed by atoms with Gasteiger partial charge in [0, 0.05) is 6.07 Å². The number of hydrogen-bond donors (Lipinski definition) is 3. The number of aromatic nitrogens is 2. The van der Waals surface area contributed by atoms with Gasteiger partial charge in [-0.25, -0.2) is 4.79 Å². The van der Waals surface area contributed by atoms with E-state index in [-0.39, 0.29) is 40.6 Å². The number of H-pyrrole nitrogens is 2. The maximum atomic E-state index is 11.0. The SMILES string of the molecule is O=c1[nH]c2cc([N+](=O)[O-])c(S(=O)(=O)O)cc2[nH]1.[Na+]. The molecular formula is C7H5N3NaO6S+. The van der Waals surface area contributed by atoms with E-state index >= 15 is 0 Å². The van der Waals surface area contributed by atoms with Crippen LogP contribution in [0.4, 0.5) is 5.69 Å². The molecule has 9 nitrogen and oxygen atoms in total. The third-order valence-corrected chi connectivity index (χ3v) is 2.95. The van der Waals surface area contributed by atoms with Crippen LogP contribution in [0, 0.1) is 10.1 Å². The molecule has 2 aromatic rings. The molecule has 0 aliphatic rings. The number of hydrogen-bond acceptors (Lipinski definition) is 5. The first-order valence-electron chi connectivity index (χ1n) is 4.17. The topological polar surface area (TPSA) is 146 Å². The standard InChI is InChI=1S/C7H5N3O6S.Na/c11-7-8-3-1-5(10(12)13)6(17(14,15)16)2-4(3)9-7;/h1-2H,(H2,8,9,11)(H,14,15,16);/q;+1. The number of fused-ring (bicyclic) bond motifs is 1. The second-order valence-electron chi connectivity index (χ2n) is 3.18. The van der Waals surface area contributed by atoms with E-state index in [0.717, 1.165) is 12.1 Å². The minimum absolute atomic E-state index is 0. The molecule has 2 rings (SSSR count). The zero-order valence-corrected chi connectivity index (χ0v) is 11.8.